The van der Waals surface area contributed by atoms with Crippen molar-refractivity contribution in [2.45, 2.75) is 0 Å². The van der Waals surface area contributed by atoms with Crippen LogP contribution in [0.1, 0.15) is 5.56 Å². The Morgan fingerprint density at radius 2 is 2.08 bits per heavy atom. The van der Waals surface area contributed by atoms with Gasteiger partial charge in [0.2, 0.25) is 0 Å². The molecule has 4 heteroatoms. The van der Waals surface area contributed by atoms with Gasteiger partial charge in [0.1, 0.15) is 0 Å². The van der Waals surface area contributed by atoms with Crippen LogP contribution in [0.15, 0.2) is 23.3 Å². The van der Waals surface area contributed by atoms with Gasteiger partial charge in [-0.1, -0.05) is 6.07 Å². The van der Waals surface area contributed by atoms with Gasteiger partial charge >= 0.3 is 0 Å². The molecule has 0 saturated carbocycles. The Kier molecular flexibility index (Phi) is 2.74. The van der Waals surface area contributed by atoms with Crippen LogP contribution in [0.5, 0.6) is 0 Å². The fourth-order valence-corrected chi connectivity index (χ4v) is 0.732. The van der Waals surface area contributed by atoms with E-state index < -0.39 is 11.6 Å². The van der Waals surface area contributed by atoms with Gasteiger partial charge in [0.05, 0.1) is 6.21 Å². The first-order valence-corrected chi connectivity index (χ1v) is 3.39. The summed E-state index contributed by atoms with van der Waals surface area (Å²) in [6, 6.07) is 3.59. The zero-order chi connectivity index (χ0) is 8.97. The highest BCUT2D eigenvalue weighted by atomic mass is 19.2. The molecule has 64 valence electrons. The van der Waals surface area contributed by atoms with Crippen LogP contribution in [0.3, 0.4) is 0 Å². The predicted octanol–water partition coefficient (Wildman–Crippen LogP) is 1.52. The van der Waals surface area contributed by atoms with Crippen LogP contribution in [0.4, 0.5) is 8.78 Å². The molecular weight excluding hydrogens is 162 g/mol. The lowest BCUT2D eigenvalue weighted by Gasteiger charge is -1.94. The fourth-order valence-electron chi connectivity index (χ4n) is 0.732. The topological polar surface area (TPSA) is 24.4 Å². The first-order valence-electron chi connectivity index (χ1n) is 3.39. The lowest BCUT2D eigenvalue weighted by molar-refractivity contribution is 0.508. The molecule has 1 aromatic rings. The number of benzene rings is 1. The molecule has 0 atom stereocenters. The summed E-state index contributed by atoms with van der Waals surface area (Å²) >= 11 is 0. The maximum absolute atomic E-state index is 12.5. The van der Waals surface area contributed by atoms with Crippen molar-refractivity contribution in [2.24, 2.45) is 5.10 Å². The lowest BCUT2D eigenvalue weighted by atomic mass is 10.2. The first-order chi connectivity index (χ1) is 5.74. The van der Waals surface area contributed by atoms with E-state index in [1.807, 2.05) is 0 Å². The van der Waals surface area contributed by atoms with Crippen LogP contribution in [-0.2, 0) is 0 Å². The van der Waals surface area contributed by atoms with E-state index in [0.29, 0.717) is 5.56 Å². The molecule has 1 N–H and O–H groups in total. The normalized spacial score (nSPS) is 10.6. The van der Waals surface area contributed by atoms with E-state index in [0.717, 1.165) is 12.1 Å². The Morgan fingerprint density at radius 3 is 2.67 bits per heavy atom. The van der Waals surface area contributed by atoms with Crippen molar-refractivity contribution in [2.75, 3.05) is 7.05 Å². The Hall–Kier alpha value is -1.45. The van der Waals surface area contributed by atoms with Crippen molar-refractivity contribution in [3.05, 3.63) is 35.4 Å². The average Bonchev–Trinajstić information content (AvgIpc) is 2.07. The van der Waals surface area contributed by atoms with Crippen LogP contribution >= 0.6 is 0 Å². The molecule has 0 aliphatic rings. The zero-order valence-electron chi connectivity index (χ0n) is 6.51. The molecule has 0 saturated heterocycles. The quantitative estimate of drug-likeness (QED) is 0.528. The summed E-state index contributed by atoms with van der Waals surface area (Å²) in [6.07, 6.45) is 1.41. The minimum Gasteiger partial charge on any atom is -0.313 e. The van der Waals surface area contributed by atoms with E-state index in [-0.39, 0.29) is 0 Å². The van der Waals surface area contributed by atoms with Crippen LogP contribution in [0, 0.1) is 11.6 Å². The predicted molar refractivity (Wildman–Crippen MR) is 43.0 cm³/mol. The molecule has 12 heavy (non-hydrogen) atoms. The monoisotopic (exact) mass is 170 g/mol. The Labute approximate surface area is 68.9 Å². The molecule has 0 radical (unpaired) electrons. The molecule has 1 aromatic carbocycles. The van der Waals surface area contributed by atoms with Crippen molar-refractivity contribution >= 4 is 6.21 Å². The van der Waals surface area contributed by atoms with Gasteiger partial charge in [0.15, 0.2) is 11.6 Å². The third kappa shape index (κ3) is 2.02. The summed E-state index contributed by atoms with van der Waals surface area (Å²) in [5.74, 6) is -1.72. The number of halogens is 2. The van der Waals surface area contributed by atoms with Gasteiger partial charge in [0.25, 0.3) is 0 Å². The van der Waals surface area contributed by atoms with Gasteiger partial charge in [-0.05, 0) is 17.7 Å². The maximum Gasteiger partial charge on any atom is 0.159 e. The molecule has 0 unspecified atom stereocenters. The SMILES string of the molecule is CN/N=C/c1ccc(F)c(F)c1. The van der Waals surface area contributed by atoms with E-state index in [2.05, 4.69) is 10.5 Å². The molecule has 0 fully saturated rings. The van der Waals surface area contributed by atoms with Crippen molar-refractivity contribution in [1.82, 2.24) is 5.43 Å². The third-order valence-corrected chi connectivity index (χ3v) is 1.29. The summed E-state index contributed by atoms with van der Waals surface area (Å²) in [7, 11) is 1.62. The fraction of sp³-hybridized carbons (Fsp3) is 0.125. The molecule has 1 rings (SSSR count). The summed E-state index contributed by atoms with van der Waals surface area (Å²) in [6.45, 7) is 0. The smallest absolute Gasteiger partial charge is 0.159 e. The summed E-state index contributed by atoms with van der Waals surface area (Å²) < 4.78 is 24.9. The van der Waals surface area contributed by atoms with E-state index >= 15 is 0 Å². The van der Waals surface area contributed by atoms with Crippen molar-refractivity contribution in [3.8, 4) is 0 Å². The van der Waals surface area contributed by atoms with Crippen LogP contribution in [0.25, 0.3) is 0 Å². The summed E-state index contributed by atoms with van der Waals surface area (Å²) in [5.41, 5.74) is 3.02. The van der Waals surface area contributed by atoms with Gasteiger partial charge < -0.3 is 5.43 Å². The van der Waals surface area contributed by atoms with Gasteiger partial charge in [-0.2, -0.15) is 5.10 Å². The number of nitrogens with one attached hydrogen (secondary N) is 1. The Bertz CT molecular complexity index is 297. The number of hydrogen-bond acceptors (Lipinski definition) is 2. The highest BCUT2D eigenvalue weighted by Crippen LogP contribution is 2.06. The van der Waals surface area contributed by atoms with Gasteiger partial charge in [-0.3, -0.25) is 0 Å². The molecule has 0 aromatic heterocycles. The van der Waals surface area contributed by atoms with Crippen LogP contribution < -0.4 is 5.43 Å². The molecule has 0 spiro atoms. The standard InChI is InChI=1S/C8H8F2N2/c1-11-12-5-6-2-3-7(9)8(10)4-6/h2-5,11H,1H3/b12-5+. The Balaban J connectivity index is 2.89. The highest BCUT2D eigenvalue weighted by Gasteiger charge is 1.99. The lowest BCUT2D eigenvalue weighted by Crippen LogP contribution is -1.95. The molecule has 2 nitrogen and oxygen atoms in total. The van der Waals surface area contributed by atoms with Gasteiger partial charge in [-0.15, -0.1) is 0 Å². The van der Waals surface area contributed by atoms with Crippen LogP contribution in [-0.4, -0.2) is 13.3 Å². The second-order valence-corrected chi connectivity index (χ2v) is 2.16. The van der Waals surface area contributed by atoms with E-state index in [9.17, 15) is 8.78 Å². The zero-order valence-corrected chi connectivity index (χ0v) is 6.51. The highest BCUT2D eigenvalue weighted by molar-refractivity contribution is 5.79. The number of hydrogen-bond donors (Lipinski definition) is 1. The minimum atomic E-state index is -0.866. The number of hydrazone groups is 1. The summed E-state index contributed by atoms with van der Waals surface area (Å²) in [5, 5.41) is 3.65. The van der Waals surface area contributed by atoms with Gasteiger partial charge in [-0.25, -0.2) is 8.78 Å². The van der Waals surface area contributed by atoms with Gasteiger partial charge in [0, 0.05) is 7.05 Å². The molecule has 0 bridgehead atoms. The van der Waals surface area contributed by atoms with Crippen molar-refractivity contribution in [3.63, 3.8) is 0 Å². The molecule has 0 amide bonds. The molecule has 0 aliphatic heterocycles. The Morgan fingerprint density at radius 1 is 1.33 bits per heavy atom. The minimum absolute atomic E-state index is 0.517. The number of rotatable bonds is 2. The number of nitrogens with zero attached hydrogens (tertiary/aromatic N) is 1. The molecular formula is C8H8F2N2. The summed E-state index contributed by atoms with van der Waals surface area (Å²) in [4.78, 5) is 0. The van der Waals surface area contributed by atoms with Crippen molar-refractivity contribution < 1.29 is 8.78 Å². The first kappa shape index (κ1) is 8.64. The van der Waals surface area contributed by atoms with Crippen LogP contribution in [0.2, 0.25) is 0 Å². The average molecular weight is 170 g/mol. The molecule has 0 heterocycles. The van der Waals surface area contributed by atoms with E-state index in [1.54, 1.807) is 7.05 Å². The second-order valence-electron chi connectivity index (χ2n) is 2.16. The molecule has 0 aliphatic carbocycles. The second kappa shape index (κ2) is 3.80. The largest absolute Gasteiger partial charge is 0.313 e. The van der Waals surface area contributed by atoms with Crippen molar-refractivity contribution in [1.29, 1.82) is 0 Å². The third-order valence-electron chi connectivity index (χ3n) is 1.29. The van der Waals surface area contributed by atoms with E-state index in [1.165, 1.54) is 12.3 Å². The van der Waals surface area contributed by atoms with E-state index in [4.69, 9.17) is 0 Å². The maximum atomic E-state index is 12.5.